The van der Waals surface area contributed by atoms with Crippen molar-refractivity contribution in [2.45, 2.75) is 19.0 Å². The summed E-state index contributed by atoms with van der Waals surface area (Å²) >= 11 is 0. The molecule has 0 atom stereocenters. The molecule has 0 amide bonds. The van der Waals surface area contributed by atoms with Crippen LogP contribution in [0, 0.1) is 23.0 Å². The first-order valence-corrected chi connectivity index (χ1v) is 7.04. The Labute approximate surface area is 134 Å². The molecular formula is C16H10F5N3. The zero-order valence-corrected chi connectivity index (χ0v) is 12.2. The summed E-state index contributed by atoms with van der Waals surface area (Å²) in [6.07, 6.45) is -2.80. The van der Waals surface area contributed by atoms with Gasteiger partial charge in [0.25, 0.3) is 0 Å². The molecule has 3 rings (SSSR count). The smallest absolute Gasteiger partial charge is 0.337 e. The summed E-state index contributed by atoms with van der Waals surface area (Å²) in [4.78, 5) is 4.71. The molecule has 1 aliphatic heterocycles. The average molecular weight is 339 g/mol. The van der Waals surface area contributed by atoms with Gasteiger partial charge >= 0.3 is 6.18 Å². The van der Waals surface area contributed by atoms with Crippen LogP contribution in [0.2, 0.25) is 0 Å². The minimum absolute atomic E-state index is 0.0666. The Morgan fingerprint density at radius 2 is 1.92 bits per heavy atom. The number of anilines is 2. The van der Waals surface area contributed by atoms with E-state index in [0.29, 0.717) is 30.5 Å². The minimum atomic E-state index is -4.68. The number of rotatable bonds is 1. The van der Waals surface area contributed by atoms with Crippen LogP contribution in [0.4, 0.5) is 33.3 Å². The van der Waals surface area contributed by atoms with Gasteiger partial charge in [-0.1, -0.05) is 0 Å². The lowest BCUT2D eigenvalue weighted by atomic mass is 9.99. The van der Waals surface area contributed by atoms with Crippen LogP contribution in [0.1, 0.15) is 23.2 Å². The Kier molecular flexibility index (Phi) is 3.87. The van der Waals surface area contributed by atoms with Gasteiger partial charge in [0.05, 0.1) is 23.1 Å². The van der Waals surface area contributed by atoms with Gasteiger partial charge < -0.3 is 4.90 Å². The maximum atomic E-state index is 14.2. The molecule has 0 radical (unpaired) electrons. The predicted octanol–water partition coefficient (Wildman–Crippen LogP) is 4.33. The topological polar surface area (TPSA) is 39.9 Å². The number of benzene rings is 1. The van der Waals surface area contributed by atoms with E-state index in [1.54, 1.807) is 6.07 Å². The molecule has 0 unspecified atom stereocenters. The van der Waals surface area contributed by atoms with Gasteiger partial charge in [-0.25, -0.2) is 13.8 Å². The first-order valence-electron chi connectivity index (χ1n) is 7.04. The van der Waals surface area contributed by atoms with Gasteiger partial charge in [0, 0.05) is 12.6 Å². The Balaban J connectivity index is 2.14. The number of hydrogen-bond donors (Lipinski definition) is 0. The molecule has 0 bridgehead atoms. The minimum Gasteiger partial charge on any atom is -0.337 e. The standard InChI is InChI=1S/C16H10F5N3/c17-11-4-9-2-1-3-24(15(9)12(18)6-11)13-8-23-14(16(19,20)21)5-10(13)7-22/h4-6,8H,1-3H2. The number of aromatic nitrogens is 1. The largest absolute Gasteiger partial charge is 0.433 e. The molecule has 1 aliphatic rings. The molecule has 0 fully saturated rings. The van der Waals surface area contributed by atoms with Gasteiger partial charge in [-0.05, 0) is 30.5 Å². The van der Waals surface area contributed by atoms with Crippen molar-refractivity contribution < 1.29 is 22.0 Å². The molecule has 2 aromatic rings. The van der Waals surface area contributed by atoms with Gasteiger partial charge in [-0.3, -0.25) is 0 Å². The first kappa shape index (κ1) is 16.2. The maximum absolute atomic E-state index is 14.2. The van der Waals surface area contributed by atoms with Crippen molar-refractivity contribution in [1.29, 1.82) is 5.26 Å². The molecule has 3 nitrogen and oxygen atoms in total. The Bertz CT molecular complexity index is 839. The molecule has 124 valence electrons. The van der Waals surface area contributed by atoms with Crippen molar-refractivity contribution in [3.63, 3.8) is 0 Å². The van der Waals surface area contributed by atoms with Crippen molar-refractivity contribution >= 4 is 11.4 Å². The summed E-state index contributed by atoms with van der Waals surface area (Å²) in [6, 6.07) is 4.22. The number of nitrogens with zero attached hydrogens (tertiary/aromatic N) is 3. The van der Waals surface area contributed by atoms with E-state index in [1.807, 2.05) is 0 Å². The van der Waals surface area contributed by atoms with E-state index >= 15 is 0 Å². The summed E-state index contributed by atoms with van der Waals surface area (Å²) in [6.45, 7) is 0.289. The van der Waals surface area contributed by atoms with Crippen molar-refractivity contribution in [3.8, 4) is 6.07 Å². The van der Waals surface area contributed by atoms with Crippen LogP contribution in [0.3, 0.4) is 0 Å². The number of nitriles is 1. The van der Waals surface area contributed by atoms with Gasteiger partial charge in [0.1, 0.15) is 23.4 Å². The number of pyridine rings is 1. The second kappa shape index (κ2) is 5.74. The van der Waals surface area contributed by atoms with Crippen molar-refractivity contribution in [1.82, 2.24) is 4.98 Å². The number of halogens is 5. The van der Waals surface area contributed by atoms with E-state index in [0.717, 1.165) is 6.20 Å². The maximum Gasteiger partial charge on any atom is 0.433 e. The lowest BCUT2D eigenvalue weighted by Gasteiger charge is -2.32. The molecular weight excluding hydrogens is 329 g/mol. The molecule has 24 heavy (non-hydrogen) atoms. The fourth-order valence-corrected chi connectivity index (χ4v) is 2.80. The van der Waals surface area contributed by atoms with E-state index in [-0.39, 0.29) is 23.5 Å². The quantitative estimate of drug-likeness (QED) is 0.726. The zero-order chi connectivity index (χ0) is 17.5. The number of hydrogen-bond acceptors (Lipinski definition) is 3. The van der Waals surface area contributed by atoms with Crippen LogP contribution in [-0.2, 0) is 12.6 Å². The zero-order valence-electron chi connectivity index (χ0n) is 12.2. The summed E-state index contributed by atoms with van der Waals surface area (Å²) in [5.41, 5.74) is -0.922. The average Bonchev–Trinajstić information content (AvgIpc) is 2.52. The highest BCUT2D eigenvalue weighted by atomic mass is 19.4. The third-order valence-corrected chi connectivity index (χ3v) is 3.79. The molecule has 0 spiro atoms. The molecule has 1 aromatic heterocycles. The second-order valence-electron chi connectivity index (χ2n) is 5.35. The van der Waals surface area contributed by atoms with Crippen LogP contribution >= 0.6 is 0 Å². The van der Waals surface area contributed by atoms with E-state index in [2.05, 4.69) is 4.98 Å². The fourth-order valence-electron chi connectivity index (χ4n) is 2.80. The lowest BCUT2D eigenvalue weighted by molar-refractivity contribution is -0.141. The first-order chi connectivity index (χ1) is 11.3. The van der Waals surface area contributed by atoms with Gasteiger partial charge in [0.15, 0.2) is 0 Å². The summed E-state index contributed by atoms with van der Waals surface area (Å²) in [5.74, 6) is -1.55. The Morgan fingerprint density at radius 1 is 1.17 bits per heavy atom. The van der Waals surface area contributed by atoms with Crippen LogP contribution in [0.5, 0.6) is 0 Å². The lowest BCUT2D eigenvalue weighted by Crippen LogP contribution is -2.27. The highest BCUT2D eigenvalue weighted by molar-refractivity contribution is 5.72. The third kappa shape index (κ3) is 2.77. The van der Waals surface area contributed by atoms with E-state index in [1.165, 1.54) is 11.0 Å². The molecule has 1 aromatic carbocycles. The monoisotopic (exact) mass is 339 g/mol. The summed E-state index contributed by atoms with van der Waals surface area (Å²) in [7, 11) is 0. The van der Waals surface area contributed by atoms with Crippen molar-refractivity contribution in [2.24, 2.45) is 0 Å². The van der Waals surface area contributed by atoms with E-state index < -0.39 is 23.5 Å². The van der Waals surface area contributed by atoms with Crippen LogP contribution < -0.4 is 4.90 Å². The SMILES string of the molecule is N#Cc1cc(C(F)(F)F)ncc1N1CCCc2cc(F)cc(F)c21. The summed E-state index contributed by atoms with van der Waals surface area (Å²) in [5, 5.41) is 9.18. The van der Waals surface area contributed by atoms with Crippen LogP contribution in [0.15, 0.2) is 24.4 Å². The fraction of sp³-hybridized carbons (Fsp3) is 0.250. The highest BCUT2D eigenvalue weighted by Gasteiger charge is 2.34. The number of fused-ring (bicyclic) bond motifs is 1. The van der Waals surface area contributed by atoms with Crippen LogP contribution in [0.25, 0.3) is 0 Å². The normalized spacial score (nSPS) is 14.2. The van der Waals surface area contributed by atoms with Crippen molar-refractivity contribution in [3.05, 3.63) is 52.9 Å². The molecule has 0 aliphatic carbocycles. The molecule has 2 heterocycles. The summed E-state index contributed by atoms with van der Waals surface area (Å²) < 4.78 is 65.8. The Hall–Kier alpha value is -2.69. The van der Waals surface area contributed by atoms with E-state index in [4.69, 9.17) is 0 Å². The molecule has 8 heteroatoms. The van der Waals surface area contributed by atoms with Gasteiger partial charge in [-0.15, -0.1) is 0 Å². The van der Waals surface area contributed by atoms with E-state index in [9.17, 15) is 27.2 Å². The number of aryl methyl sites for hydroxylation is 1. The van der Waals surface area contributed by atoms with Gasteiger partial charge in [-0.2, -0.15) is 18.4 Å². The second-order valence-corrected chi connectivity index (χ2v) is 5.35. The van der Waals surface area contributed by atoms with Crippen LogP contribution in [-0.4, -0.2) is 11.5 Å². The van der Waals surface area contributed by atoms with Gasteiger partial charge in [0.2, 0.25) is 0 Å². The highest BCUT2D eigenvalue weighted by Crippen LogP contribution is 2.38. The Morgan fingerprint density at radius 3 is 2.58 bits per heavy atom. The molecule has 0 saturated heterocycles. The number of alkyl halides is 3. The third-order valence-electron chi connectivity index (χ3n) is 3.79. The predicted molar refractivity (Wildman–Crippen MR) is 75.6 cm³/mol. The molecule has 0 N–H and O–H groups in total. The van der Waals surface area contributed by atoms with Crippen molar-refractivity contribution in [2.75, 3.05) is 11.4 Å². The molecule has 0 saturated carbocycles.